The highest BCUT2D eigenvalue weighted by Gasteiger charge is 2.50. The second kappa shape index (κ2) is 6.19. The lowest BCUT2D eigenvalue weighted by molar-refractivity contribution is -0.118. The summed E-state index contributed by atoms with van der Waals surface area (Å²) in [5, 5.41) is 11.6. The molecule has 1 fully saturated rings. The minimum absolute atomic E-state index is 0.0378. The van der Waals surface area contributed by atoms with Gasteiger partial charge < -0.3 is 15.2 Å². The largest absolute Gasteiger partial charge is 0.496 e. The van der Waals surface area contributed by atoms with Crippen molar-refractivity contribution in [2.45, 2.75) is 30.4 Å². The lowest BCUT2D eigenvalue weighted by Crippen LogP contribution is -2.47. The number of rotatable bonds is 5. The average molecular weight is 341 g/mol. The predicted molar refractivity (Wildman–Crippen MR) is 84.6 cm³/mol. The molecule has 1 amide bonds. The van der Waals surface area contributed by atoms with Crippen molar-refractivity contribution in [3.05, 3.63) is 23.8 Å². The normalized spacial score (nSPS) is 16.8. The summed E-state index contributed by atoms with van der Waals surface area (Å²) in [7, 11) is -2.24. The molecule has 1 aromatic rings. The van der Waals surface area contributed by atoms with Crippen LogP contribution in [0.15, 0.2) is 18.2 Å². The number of hydrogen-bond donors (Lipinski definition) is 2. The van der Waals surface area contributed by atoms with Crippen molar-refractivity contribution in [2.75, 3.05) is 18.7 Å². The van der Waals surface area contributed by atoms with E-state index in [9.17, 15) is 18.0 Å². The fourth-order valence-corrected chi connectivity index (χ4v) is 4.32. The van der Waals surface area contributed by atoms with E-state index < -0.39 is 26.5 Å². The molecule has 2 N–H and O–H groups in total. The van der Waals surface area contributed by atoms with E-state index in [2.05, 4.69) is 5.32 Å². The maximum absolute atomic E-state index is 12.6. The molecule has 0 saturated heterocycles. The molecule has 0 unspecified atom stereocenters. The quantitative estimate of drug-likeness (QED) is 0.843. The van der Waals surface area contributed by atoms with Gasteiger partial charge in [-0.1, -0.05) is 12.8 Å². The van der Waals surface area contributed by atoms with Crippen molar-refractivity contribution in [1.82, 2.24) is 0 Å². The van der Waals surface area contributed by atoms with E-state index in [1.165, 1.54) is 25.3 Å². The highest BCUT2D eigenvalue weighted by molar-refractivity contribution is 7.92. The number of carbonyl (C=O) groups excluding carboxylic acids is 1. The van der Waals surface area contributed by atoms with Gasteiger partial charge in [-0.25, -0.2) is 13.2 Å². The number of nitrogens with one attached hydrogen (secondary N) is 1. The van der Waals surface area contributed by atoms with Crippen LogP contribution in [0.3, 0.4) is 0 Å². The molecular weight excluding hydrogens is 322 g/mol. The highest BCUT2D eigenvalue weighted by Crippen LogP contribution is 2.37. The van der Waals surface area contributed by atoms with Crippen molar-refractivity contribution >= 4 is 27.4 Å². The number of sulfone groups is 1. The van der Waals surface area contributed by atoms with Gasteiger partial charge in [-0.15, -0.1) is 0 Å². The summed E-state index contributed by atoms with van der Waals surface area (Å²) >= 11 is 0. The van der Waals surface area contributed by atoms with Crippen LogP contribution >= 0.6 is 0 Å². The summed E-state index contributed by atoms with van der Waals surface area (Å²) in [5.41, 5.74) is 0.260. The number of amides is 1. The number of methoxy groups -OCH3 is 1. The Balaban J connectivity index is 2.31. The number of hydrogen-bond acceptors (Lipinski definition) is 5. The Morgan fingerprint density at radius 3 is 2.35 bits per heavy atom. The third-order valence-electron chi connectivity index (χ3n) is 4.22. The van der Waals surface area contributed by atoms with E-state index in [4.69, 9.17) is 9.84 Å². The number of aromatic carboxylic acids is 1. The zero-order valence-corrected chi connectivity index (χ0v) is 13.8. The van der Waals surface area contributed by atoms with E-state index in [0.29, 0.717) is 31.4 Å². The number of benzene rings is 1. The number of anilines is 1. The first kappa shape index (κ1) is 17.3. The highest BCUT2D eigenvalue weighted by atomic mass is 32.2. The topological polar surface area (TPSA) is 110 Å². The fraction of sp³-hybridized carbons (Fsp3) is 0.467. The van der Waals surface area contributed by atoms with Crippen LogP contribution < -0.4 is 10.1 Å². The Morgan fingerprint density at radius 1 is 1.26 bits per heavy atom. The summed E-state index contributed by atoms with van der Waals surface area (Å²) in [6.45, 7) is 0. The second-order valence-corrected chi connectivity index (χ2v) is 7.97. The fourth-order valence-electron chi connectivity index (χ4n) is 2.90. The first-order valence-electron chi connectivity index (χ1n) is 7.14. The molecule has 0 bridgehead atoms. The number of ether oxygens (including phenoxy) is 1. The minimum Gasteiger partial charge on any atom is -0.496 e. The van der Waals surface area contributed by atoms with Gasteiger partial charge >= 0.3 is 5.97 Å². The van der Waals surface area contributed by atoms with Crippen molar-refractivity contribution in [3.8, 4) is 5.75 Å². The molecule has 23 heavy (non-hydrogen) atoms. The first-order valence-corrected chi connectivity index (χ1v) is 9.03. The van der Waals surface area contributed by atoms with Gasteiger partial charge in [-0.05, 0) is 25.0 Å². The zero-order chi connectivity index (χ0) is 17.3. The molecule has 1 aliphatic carbocycles. The Bertz CT molecular complexity index is 734. The molecule has 126 valence electrons. The van der Waals surface area contributed by atoms with Gasteiger partial charge in [0.1, 0.15) is 11.3 Å². The van der Waals surface area contributed by atoms with E-state index in [1.54, 1.807) is 0 Å². The third-order valence-corrected chi connectivity index (χ3v) is 6.24. The molecule has 2 rings (SSSR count). The monoisotopic (exact) mass is 341 g/mol. The van der Waals surface area contributed by atoms with Crippen LogP contribution in [-0.4, -0.2) is 43.5 Å². The number of carboxylic acid groups (broad SMARTS) is 1. The lowest BCUT2D eigenvalue weighted by atomic mass is 10.1. The molecule has 7 nitrogen and oxygen atoms in total. The van der Waals surface area contributed by atoms with Crippen LogP contribution in [0, 0.1) is 0 Å². The Hall–Kier alpha value is -2.09. The molecule has 1 saturated carbocycles. The Kier molecular flexibility index (Phi) is 4.65. The predicted octanol–water partition coefficient (Wildman–Crippen LogP) is 1.69. The van der Waals surface area contributed by atoms with Gasteiger partial charge in [0.05, 0.1) is 7.11 Å². The smallest absolute Gasteiger partial charge is 0.339 e. The van der Waals surface area contributed by atoms with Crippen molar-refractivity contribution in [2.24, 2.45) is 0 Å². The Morgan fingerprint density at radius 2 is 1.87 bits per heavy atom. The van der Waals surface area contributed by atoms with E-state index in [1.807, 2.05) is 0 Å². The van der Waals surface area contributed by atoms with E-state index in [0.717, 1.165) is 6.26 Å². The summed E-state index contributed by atoms with van der Waals surface area (Å²) in [6, 6.07) is 4.08. The van der Waals surface area contributed by atoms with Gasteiger partial charge in [0.15, 0.2) is 14.6 Å². The van der Waals surface area contributed by atoms with Crippen molar-refractivity contribution in [1.29, 1.82) is 0 Å². The second-order valence-electron chi connectivity index (χ2n) is 5.65. The molecule has 8 heteroatoms. The molecule has 1 aliphatic rings. The standard InChI is InChI=1S/C15H19NO6S/c1-22-12-9-10(5-6-11(12)13(17)18)16-14(19)15(23(2,20)21)7-3-4-8-15/h5-6,9H,3-4,7-8H2,1-2H3,(H,16,19)(H,17,18). The van der Waals surface area contributed by atoms with Crippen LogP contribution in [-0.2, 0) is 14.6 Å². The van der Waals surface area contributed by atoms with Gasteiger partial charge in [0, 0.05) is 18.0 Å². The van der Waals surface area contributed by atoms with Crippen LogP contribution in [0.4, 0.5) is 5.69 Å². The number of carbonyl (C=O) groups is 2. The summed E-state index contributed by atoms with van der Waals surface area (Å²) in [6.07, 6.45) is 3.03. The van der Waals surface area contributed by atoms with Gasteiger partial charge in [-0.2, -0.15) is 0 Å². The van der Waals surface area contributed by atoms with E-state index in [-0.39, 0.29) is 11.3 Å². The van der Waals surface area contributed by atoms with Crippen LogP contribution in [0.25, 0.3) is 0 Å². The van der Waals surface area contributed by atoms with Crippen molar-refractivity contribution in [3.63, 3.8) is 0 Å². The third kappa shape index (κ3) is 3.17. The maximum Gasteiger partial charge on any atom is 0.339 e. The van der Waals surface area contributed by atoms with Gasteiger partial charge in [-0.3, -0.25) is 4.79 Å². The molecular formula is C15H19NO6S. The summed E-state index contributed by atoms with van der Waals surface area (Å²) < 4.78 is 27.8. The maximum atomic E-state index is 12.6. The Labute approximate surface area is 134 Å². The first-order chi connectivity index (χ1) is 10.7. The van der Waals surface area contributed by atoms with Gasteiger partial charge in [0.2, 0.25) is 5.91 Å². The molecule has 0 radical (unpaired) electrons. The molecule has 0 heterocycles. The molecule has 0 spiro atoms. The summed E-state index contributed by atoms with van der Waals surface area (Å²) in [4.78, 5) is 23.6. The zero-order valence-electron chi connectivity index (χ0n) is 13.0. The molecule has 0 aliphatic heterocycles. The van der Waals surface area contributed by atoms with Crippen LogP contribution in [0.1, 0.15) is 36.0 Å². The molecule has 1 aromatic carbocycles. The summed E-state index contributed by atoms with van der Waals surface area (Å²) in [5.74, 6) is -1.64. The lowest BCUT2D eigenvalue weighted by Gasteiger charge is -2.25. The van der Waals surface area contributed by atoms with E-state index >= 15 is 0 Å². The number of carboxylic acids is 1. The van der Waals surface area contributed by atoms with Crippen molar-refractivity contribution < 1.29 is 27.9 Å². The minimum atomic E-state index is -3.56. The van der Waals surface area contributed by atoms with Crippen LogP contribution in [0.5, 0.6) is 5.75 Å². The molecule has 0 atom stereocenters. The van der Waals surface area contributed by atoms with Gasteiger partial charge in [0.25, 0.3) is 0 Å². The average Bonchev–Trinajstić information content (AvgIpc) is 2.97. The van der Waals surface area contributed by atoms with Crippen LogP contribution in [0.2, 0.25) is 0 Å². The molecule has 0 aromatic heterocycles. The SMILES string of the molecule is COc1cc(NC(=O)C2(S(C)(=O)=O)CCCC2)ccc1C(=O)O.